The standard InChI is InChI=1S/C15H12BrCl2NO2/c16-11-4-5-14(13(18)7-11)21-9-15(20)19-8-10-2-1-3-12(17)6-10/h1-7H,8-9H2,(H,19,20). The van der Waals surface area contributed by atoms with Gasteiger partial charge in [0.25, 0.3) is 5.91 Å². The summed E-state index contributed by atoms with van der Waals surface area (Å²) in [7, 11) is 0. The van der Waals surface area contributed by atoms with Crippen LogP contribution in [0.25, 0.3) is 0 Å². The number of halogens is 3. The van der Waals surface area contributed by atoms with Gasteiger partial charge in [0.15, 0.2) is 6.61 Å². The molecule has 2 aromatic carbocycles. The molecule has 0 aliphatic carbocycles. The van der Waals surface area contributed by atoms with Crippen LogP contribution in [0.15, 0.2) is 46.9 Å². The summed E-state index contributed by atoms with van der Waals surface area (Å²) >= 11 is 15.2. The van der Waals surface area contributed by atoms with E-state index in [1.165, 1.54) is 0 Å². The second-order valence-corrected chi connectivity index (χ2v) is 6.03. The number of carbonyl (C=O) groups is 1. The fraction of sp³-hybridized carbons (Fsp3) is 0.133. The van der Waals surface area contributed by atoms with Crippen molar-refractivity contribution >= 4 is 45.0 Å². The molecule has 0 aliphatic rings. The summed E-state index contributed by atoms with van der Waals surface area (Å²) < 4.78 is 6.23. The molecule has 0 spiro atoms. The van der Waals surface area contributed by atoms with Gasteiger partial charge in [-0.05, 0) is 35.9 Å². The Kier molecular flexibility index (Phi) is 5.91. The van der Waals surface area contributed by atoms with Crippen molar-refractivity contribution < 1.29 is 9.53 Å². The Morgan fingerprint density at radius 2 is 2.00 bits per heavy atom. The van der Waals surface area contributed by atoms with Crippen LogP contribution in [-0.2, 0) is 11.3 Å². The molecule has 2 aromatic rings. The van der Waals surface area contributed by atoms with Gasteiger partial charge in [0, 0.05) is 16.0 Å². The second-order valence-electron chi connectivity index (χ2n) is 4.27. The molecule has 0 atom stereocenters. The van der Waals surface area contributed by atoms with Crippen molar-refractivity contribution in [1.82, 2.24) is 5.32 Å². The third-order valence-corrected chi connectivity index (χ3v) is 3.66. The normalized spacial score (nSPS) is 10.2. The van der Waals surface area contributed by atoms with Crippen LogP contribution >= 0.6 is 39.1 Å². The highest BCUT2D eigenvalue weighted by atomic mass is 79.9. The van der Waals surface area contributed by atoms with E-state index in [1.54, 1.807) is 30.3 Å². The maximum Gasteiger partial charge on any atom is 0.258 e. The van der Waals surface area contributed by atoms with Gasteiger partial charge in [0.05, 0.1) is 5.02 Å². The second kappa shape index (κ2) is 7.69. The largest absolute Gasteiger partial charge is 0.482 e. The third kappa shape index (κ3) is 5.23. The van der Waals surface area contributed by atoms with Gasteiger partial charge in [-0.3, -0.25) is 4.79 Å². The maximum atomic E-state index is 11.7. The van der Waals surface area contributed by atoms with Gasteiger partial charge in [-0.1, -0.05) is 51.3 Å². The lowest BCUT2D eigenvalue weighted by Gasteiger charge is -2.09. The zero-order valence-electron chi connectivity index (χ0n) is 10.9. The zero-order chi connectivity index (χ0) is 15.2. The maximum absolute atomic E-state index is 11.7. The molecule has 0 aromatic heterocycles. The van der Waals surface area contributed by atoms with Crippen LogP contribution in [0.4, 0.5) is 0 Å². The minimum atomic E-state index is -0.228. The van der Waals surface area contributed by atoms with Crippen molar-refractivity contribution in [3.8, 4) is 5.75 Å². The molecule has 0 saturated carbocycles. The first-order valence-electron chi connectivity index (χ1n) is 6.13. The minimum Gasteiger partial charge on any atom is -0.482 e. The number of hydrogen-bond donors (Lipinski definition) is 1. The lowest BCUT2D eigenvalue weighted by molar-refractivity contribution is -0.123. The number of amides is 1. The third-order valence-electron chi connectivity index (χ3n) is 2.63. The Balaban J connectivity index is 1.82. The van der Waals surface area contributed by atoms with E-state index in [0.717, 1.165) is 10.0 Å². The Hall–Kier alpha value is -1.23. The highest BCUT2D eigenvalue weighted by Crippen LogP contribution is 2.27. The summed E-state index contributed by atoms with van der Waals surface area (Å²) in [6.07, 6.45) is 0. The van der Waals surface area contributed by atoms with Crippen molar-refractivity contribution in [3.05, 3.63) is 62.5 Å². The van der Waals surface area contributed by atoms with E-state index in [-0.39, 0.29) is 12.5 Å². The molecule has 0 unspecified atom stereocenters. The molecule has 0 heterocycles. The smallest absolute Gasteiger partial charge is 0.258 e. The Morgan fingerprint density at radius 3 is 2.71 bits per heavy atom. The van der Waals surface area contributed by atoms with E-state index < -0.39 is 0 Å². The Labute approximate surface area is 141 Å². The molecule has 0 fully saturated rings. The molecular weight excluding hydrogens is 377 g/mol. The summed E-state index contributed by atoms with van der Waals surface area (Å²) in [5.74, 6) is 0.242. The van der Waals surface area contributed by atoms with Crippen molar-refractivity contribution in [2.24, 2.45) is 0 Å². The van der Waals surface area contributed by atoms with E-state index in [0.29, 0.717) is 22.3 Å². The van der Waals surface area contributed by atoms with Gasteiger partial charge in [0.1, 0.15) is 5.75 Å². The van der Waals surface area contributed by atoms with Gasteiger partial charge in [-0.2, -0.15) is 0 Å². The Morgan fingerprint density at radius 1 is 1.19 bits per heavy atom. The van der Waals surface area contributed by atoms with Crippen molar-refractivity contribution in [1.29, 1.82) is 0 Å². The fourth-order valence-electron chi connectivity index (χ4n) is 1.63. The number of carbonyl (C=O) groups excluding carboxylic acids is 1. The summed E-state index contributed by atoms with van der Waals surface area (Å²) in [5.41, 5.74) is 0.928. The topological polar surface area (TPSA) is 38.3 Å². The zero-order valence-corrected chi connectivity index (χ0v) is 14.0. The number of rotatable bonds is 5. The first kappa shape index (κ1) is 16.1. The molecule has 3 nitrogen and oxygen atoms in total. The molecule has 21 heavy (non-hydrogen) atoms. The average molecular weight is 389 g/mol. The van der Waals surface area contributed by atoms with Gasteiger partial charge in [-0.15, -0.1) is 0 Å². The first-order chi connectivity index (χ1) is 10.0. The van der Waals surface area contributed by atoms with Crippen LogP contribution in [-0.4, -0.2) is 12.5 Å². The fourth-order valence-corrected chi connectivity index (χ4v) is 2.58. The SMILES string of the molecule is O=C(COc1ccc(Br)cc1Cl)NCc1cccc(Cl)c1. The van der Waals surface area contributed by atoms with E-state index >= 15 is 0 Å². The monoisotopic (exact) mass is 387 g/mol. The molecule has 0 bridgehead atoms. The van der Waals surface area contributed by atoms with Crippen molar-refractivity contribution in [2.75, 3.05) is 6.61 Å². The van der Waals surface area contributed by atoms with E-state index in [2.05, 4.69) is 21.2 Å². The molecule has 6 heteroatoms. The molecule has 0 aliphatic heterocycles. The molecular formula is C15H12BrCl2NO2. The van der Waals surface area contributed by atoms with Crippen molar-refractivity contribution in [3.63, 3.8) is 0 Å². The summed E-state index contributed by atoms with van der Waals surface area (Å²) in [5, 5.41) is 3.84. The predicted molar refractivity (Wildman–Crippen MR) is 87.9 cm³/mol. The average Bonchev–Trinajstić information content (AvgIpc) is 2.44. The molecule has 2 rings (SSSR count). The lowest BCUT2D eigenvalue weighted by Crippen LogP contribution is -2.28. The Bertz CT molecular complexity index is 649. The highest BCUT2D eigenvalue weighted by Gasteiger charge is 2.06. The van der Waals surface area contributed by atoms with Crippen LogP contribution in [0, 0.1) is 0 Å². The van der Waals surface area contributed by atoms with Gasteiger partial charge in [-0.25, -0.2) is 0 Å². The van der Waals surface area contributed by atoms with Crippen molar-refractivity contribution in [2.45, 2.75) is 6.54 Å². The highest BCUT2D eigenvalue weighted by molar-refractivity contribution is 9.10. The van der Waals surface area contributed by atoms with Crippen LogP contribution < -0.4 is 10.1 Å². The summed E-state index contributed by atoms with van der Waals surface area (Å²) in [6, 6.07) is 12.5. The van der Waals surface area contributed by atoms with Crippen LogP contribution in [0.1, 0.15) is 5.56 Å². The van der Waals surface area contributed by atoms with E-state index in [4.69, 9.17) is 27.9 Å². The predicted octanol–water partition coefficient (Wildman–Crippen LogP) is 4.45. The van der Waals surface area contributed by atoms with Gasteiger partial charge >= 0.3 is 0 Å². The van der Waals surface area contributed by atoms with E-state index in [9.17, 15) is 4.79 Å². The van der Waals surface area contributed by atoms with Gasteiger partial charge in [0.2, 0.25) is 0 Å². The molecule has 1 amide bonds. The minimum absolute atomic E-state index is 0.0953. The van der Waals surface area contributed by atoms with Crippen LogP contribution in [0.2, 0.25) is 10.0 Å². The molecule has 1 N–H and O–H groups in total. The first-order valence-corrected chi connectivity index (χ1v) is 7.68. The molecule has 110 valence electrons. The number of hydrogen-bond acceptors (Lipinski definition) is 2. The molecule has 0 saturated heterocycles. The summed E-state index contributed by atoms with van der Waals surface area (Å²) in [6.45, 7) is 0.304. The molecule has 0 radical (unpaired) electrons. The van der Waals surface area contributed by atoms with Gasteiger partial charge < -0.3 is 10.1 Å². The number of benzene rings is 2. The quantitative estimate of drug-likeness (QED) is 0.821. The lowest BCUT2D eigenvalue weighted by atomic mass is 10.2. The van der Waals surface area contributed by atoms with Crippen LogP contribution in [0.5, 0.6) is 5.75 Å². The van der Waals surface area contributed by atoms with Crippen LogP contribution in [0.3, 0.4) is 0 Å². The van der Waals surface area contributed by atoms with E-state index in [1.807, 2.05) is 12.1 Å². The number of ether oxygens (including phenoxy) is 1. The summed E-state index contributed by atoms with van der Waals surface area (Å²) in [4.78, 5) is 11.7. The number of nitrogens with one attached hydrogen (secondary N) is 1.